The quantitative estimate of drug-likeness (QED) is 0.835. The Hall–Kier alpha value is -3.01. The number of nitrogens with one attached hydrogen (secondary N) is 2. The van der Waals surface area contributed by atoms with Crippen LogP contribution in [0, 0.1) is 0 Å². The highest BCUT2D eigenvalue weighted by Gasteiger charge is 2.25. The third-order valence-corrected chi connectivity index (χ3v) is 5.03. The van der Waals surface area contributed by atoms with E-state index < -0.39 is 6.09 Å². The lowest BCUT2D eigenvalue weighted by atomic mass is 10.2. The van der Waals surface area contributed by atoms with Gasteiger partial charge in [0.05, 0.1) is 19.3 Å². The zero-order chi connectivity index (χ0) is 18.1. The SMILES string of the molecule is COC(=O)Nc1nc2c(s1)CN(C(=O)Nc1ccc3c(c1)OCO3)CC2. The van der Waals surface area contributed by atoms with Crippen molar-refractivity contribution in [2.24, 2.45) is 0 Å². The highest BCUT2D eigenvalue weighted by Crippen LogP contribution is 2.34. The lowest BCUT2D eigenvalue weighted by Gasteiger charge is -2.26. The Labute approximate surface area is 152 Å². The Balaban J connectivity index is 1.41. The fraction of sp³-hybridized carbons (Fsp3) is 0.312. The molecule has 136 valence electrons. The van der Waals surface area contributed by atoms with Gasteiger partial charge in [0.15, 0.2) is 16.6 Å². The second-order valence-electron chi connectivity index (χ2n) is 5.68. The number of anilines is 2. The first-order valence-electron chi connectivity index (χ1n) is 7.91. The van der Waals surface area contributed by atoms with Crippen molar-refractivity contribution in [3.8, 4) is 11.5 Å². The van der Waals surface area contributed by atoms with Crippen LogP contribution in [0.25, 0.3) is 0 Å². The lowest BCUT2D eigenvalue weighted by molar-refractivity contribution is 0.174. The van der Waals surface area contributed by atoms with Gasteiger partial charge in [0.2, 0.25) is 6.79 Å². The smallest absolute Gasteiger partial charge is 0.413 e. The first-order chi connectivity index (χ1) is 12.6. The summed E-state index contributed by atoms with van der Waals surface area (Å²) in [6.07, 6.45) is 0.0666. The van der Waals surface area contributed by atoms with Gasteiger partial charge < -0.3 is 24.4 Å². The summed E-state index contributed by atoms with van der Waals surface area (Å²) >= 11 is 1.34. The standard InChI is InChI=1S/C16H16N4O5S/c1-23-16(22)19-14-18-10-4-5-20(7-13(10)26-14)15(21)17-9-2-3-11-12(6-9)25-8-24-11/h2-3,6H,4-5,7-8H2,1H3,(H,17,21)(H,18,19,22). The number of amides is 3. The van der Waals surface area contributed by atoms with E-state index in [-0.39, 0.29) is 12.8 Å². The predicted octanol–water partition coefficient (Wildman–Crippen LogP) is 2.64. The van der Waals surface area contributed by atoms with Crippen LogP contribution < -0.4 is 20.1 Å². The Bertz CT molecular complexity index is 868. The fourth-order valence-electron chi connectivity index (χ4n) is 2.74. The highest BCUT2D eigenvalue weighted by atomic mass is 32.1. The lowest BCUT2D eigenvalue weighted by Crippen LogP contribution is -2.38. The second-order valence-corrected chi connectivity index (χ2v) is 6.76. The van der Waals surface area contributed by atoms with Crippen LogP contribution in [0.5, 0.6) is 11.5 Å². The molecule has 26 heavy (non-hydrogen) atoms. The molecule has 1 aromatic carbocycles. The maximum Gasteiger partial charge on any atom is 0.413 e. The van der Waals surface area contributed by atoms with Gasteiger partial charge in [-0.2, -0.15) is 0 Å². The molecule has 2 N–H and O–H groups in total. The molecule has 4 rings (SSSR count). The Morgan fingerprint density at radius 2 is 2.12 bits per heavy atom. The van der Waals surface area contributed by atoms with Gasteiger partial charge in [0, 0.05) is 29.6 Å². The monoisotopic (exact) mass is 376 g/mol. The summed E-state index contributed by atoms with van der Waals surface area (Å²) in [4.78, 5) is 30.9. The van der Waals surface area contributed by atoms with E-state index in [2.05, 4.69) is 20.4 Å². The van der Waals surface area contributed by atoms with Gasteiger partial charge in [-0.05, 0) is 12.1 Å². The molecule has 9 nitrogen and oxygen atoms in total. The Kier molecular flexibility index (Phi) is 4.25. The summed E-state index contributed by atoms with van der Waals surface area (Å²) < 4.78 is 15.1. The summed E-state index contributed by atoms with van der Waals surface area (Å²) in [6, 6.07) is 5.07. The van der Waals surface area contributed by atoms with Crippen LogP contribution >= 0.6 is 11.3 Å². The largest absolute Gasteiger partial charge is 0.454 e. The van der Waals surface area contributed by atoms with Gasteiger partial charge in [-0.25, -0.2) is 14.6 Å². The molecular formula is C16H16N4O5S. The number of methoxy groups -OCH3 is 1. The van der Waals surface area contributed by atoms with Crippen LogP contribution in [0.4, 0.5) is 20.4 Å². The predicted molar refractivity (Wildman–Crippen MR) is 93.8 cm³/mol. The van der Waals surface area contributed by atoms with Crippen LogP contribution in [-0.2, 0) is 17.7 Å². The van der Waals surface area contributed by atoms with Crippen molar-refractivity contribution in [3.63, 3.8) is 0 Å². The molecule has 2 aromatic rings. The van der Waals surface area contributed by atoms with E-state index in [9.17, 15) is 9.59 Å². The number of hydrogen-bond donors (Lipinski definition) is 2. The number of fused-ring (bicyclic) bond motifs is 2. The van der Waals surface area contributed by atoms with Crippen LogP contribution in [0.15, 0.2) is 18.2 Å². The molecule has 3 amide bonds. The van der Waals surface area contributed by atoms with Gasteiger partial charge >= 0.3 is 12.1 Å². The molecule has 1 aromatic heterocycles. The summed E-state index contributed by atoms with van der Waals surface area (Å²) in [6.45, 7) is 1.17. The molecular weight excluding hydrogens is 360 g/mol. The van der Waals surface area contributed by atoms with Crippen molar-refractivity contribution in [1.82, 2.24) is 9.88 Å². The molecule has 0 saturated heterocycles. The third kappa shape index (κ3) is 3.23. The Morgan fingerprint density at radius 3 is 2.96 bits per heavy atom. The van der Waals surface area contributed by atoms with Crippen molar-refractivity contribution < 1.29 is 23.8 Å². The maximum absolute atomic E-state index is 12.5. The first kappa shape index (κ1) is 16.5. The molecule has 0 bridgehead atoms. The Morgan fingerprint density at radius 1 is 1.27 bits per heavy atom. The minimum atomic E-state index is -0.562. The number of benzene rings is 1. The van der Waals surface area contributed by atoms with Gasteiger partial charge in [-0.3, -0.25) is 5.32 Å². The van der Waals surface area contributed by atoms with Crippen LogP contribution in [0.2, 0.25) is 0 Å². The van der Waals surface area contributed by atoms with Crippen molar-refractivity contribution in [2.45, 2.75) is 13.0 Å². The molecule has 0 fully saturated rings. The van der Waals surface area contributed by atoms with E-state index >= 15 is 0 Å². The summed E-state index contributed by atoms with van der Waals surface area (Å²) in [5, 5.41) is 5.90. The van der Waals surface area contributed by atoms with Crippen molar-refractivity contribution >= 4 is 34.3 Å². The van der Waals surface area contributed by atoms with Crippen LogP contribution in [0.3, 0.4) is 0 Å². The minimum absolute atomic E-state index is 0.189. The summed E-state index contributed by atoms with van der Waals surface area (Å²) in [7, 11) is 1.30. The summed E-state index contributed by atoms with van der Waals surface area (Å²) in [5.41, 5.74) is 1.54. The molecule has 0 aliphatic carbocycles. The van der Waals surface area contributed by atoms with E-state index in [4.69, 9.17) is 9.47 Å². The summed E-state index contributed by atoms with van der Waals surface area (Å²) in [5.74, 6) is 1.28. The van der Waals surface area contributed by atoms with Gasteiger partial charge in [-0.15, -0.1) is 0 Å². The number of ether oxygens (including phenoxy) is 3. The van der Waals surface area contributed by atoms with Gasteiger partial charge in [-0.1, -0.05) is 11.3 Å². The number of urea groups is 1. The number of hydrogen-bond acceptors (Lipinski definition) is 7. The van der Waals surface area contributed by atoms with Crippen molar-refractivity contribution in [1.29, 1.82) is 0 Å². The number of nitrogens with zero attached hydrogens (tertiary/aromatic N) is 2. The van der Waals surface area contributed by atoms with Gasteiger partial charge in [0.25, 0.3) is 0 Å². The topological polar surface area (TPSA) is 102 Å². The molecule has 2 aliphatic rings. The molecule has 3 heterocycles. The zero-order valence-electron chi connectivity index (χ0n) is 13.9. The number of carbonyl (C=O) groups excluding carboxylic acids is 2. The average Bonchev–Trinajstić information content (AvgIpc) is 3.26. The van der Waals surface area contributed by atoms with E-state index in [1.54, 1.807) is 23.1 Å². The van der Waals surface area contributed by atoms with Crippen molar-refractivity contribution in [2.75, 3.05) is 31.1 Å². The zero-order valence-corrected chi connectivity index (χ0v) is 14.7. The molecule has 0 radical (unpaired) electrons. The molecule has 2 aliphatic heterocycles. The van der Waals surface area contributed by atoms with E-state index in [1.807, 2.05) is 0 Å². The van der Waals surface area contributed by atoms with E-state index in [1.165, 1.54) is 18.4 Å². The molecule has 10 heteroatoms. The second kappa shape index (κ2) is 6.71. The number of aromatic nitrogens is 1. The minimum Gasteiger partial charge on any atom is -0.454 e. The van der Waals surface area contributed by atoms with Gasteiger partial charge in [0.1, 0.15) is 0 Å². The molecule has 0 saturated carbocycles. The first-order valence-corrected chi connectivity index (χ1v) is 8.73. The maximum atomic E-state index is 12.5. The molecule has 0 unspecified atom stereocenters. The highest BCUT2D eigenvalue weighted by molar-refractivity contribution is 7.15. The van der Waals surface area contributed by atoms with Crippen LogP contribution in [0.1, 0.15) is 10.6 Å². The van der Waals surface area contributed by atoms with E-state index in [0.717, 1.165) is 10.6 Å². The molecule has 0 atom stereocenters. The average molecular weight is 376 g/mol. The number of thiazole rings is 1. The fourth-order valence-corrected chi connectivity index (χ4v) is 3.75. The van der Waals surface area contributed by atoms with E-state index in [0.29, 0.717) is 41.8 Å². The van der Waals surface area contributed by atoms with Crippen molar-refractivity contribution in [3.05, 3.63) is 28.8 Å². The number of carbonyl (C=O) groups is 2. The normalized spacial score (nSPS) is 14.6. The molecule has 0 spiro atoms. The van der Waals surface area contributed by atoms with Crippen LogP contribution in [-0.4, -0.2) is 42.5 Å². The third-order valence-electron chi connectivity index (χ3n) is 4.04. The number of rotatable bonds is 2.